The van der Waals surface area contributed by atoms with Gasteiger partial charge in [-0.15, -0.1) is 5.10 Å². The Morgan fingerprint density at radius 2 is 2.21 bits per heavy atom. The lowest BCUT2D eigenvalue weighted by atomic mass is 10.0. The molecule has 0 radical (unpaired) electrons. The second kappa shape index (κ2) is 5.53. The number of rotatable bonds is 3. The van der Waals surface area contributed by atoms with Crippen molar-refractivity contribution in [1.82, 2.24) is 15.5 Å². The Hall–Kier alpha value is -1.68. The maximum atomic E-state index is 4.32. The number of hydrogen-bond acceptors (Lipinski definition) is 4. The molecular weight excluding hydrogens is 236 g/mol. The van der Waals surface area contributed by atoms with Crippen LogP contribution in [-0.2, 0) is 0 Å². The minimum absolute atomic E-state index is 0.569. The zero-order valence-corrected chi connectivity index (χ0v) is 11.3. The normalized spacial score (nSPS) is 19.5. The Morgan fingerprint density at radius 3 is 3.05 bits per heavy atom. The van der Waals surface area contributed by atoms with Crippen LogP contribution in [0.4, 0.5) is 5.82 Å². The van der Waals surface area contributed by atoms with Gasteiger partial charge in [-0.3, -0.25) is 0 Å². The molecule has 1 N–H and O–H groups in total. The van der Waals surface area contributed by atoms with E-state index in [0.29, 0.717) is 6.04 Å². The zero-order chi connectivity index (χ0) is 13.1. The highest BCUT2D eigenvalue weighted by Gasteiger charge is 2.16. The summed E-state index contributed by atoms with van der Waals surface area (Å²) in [6.45, 7) is 2.13. The van der Waals surface area contributed by atoms with Crippen LogP contribution in [0.2, 0.25) is 0 Å². The van der Waals surface area contributed by atoms with Crippen LogP contribution < -0.4 is 10.2 Å². The summed E-state index contributed by atoms with van der Waals surface area (Å²) in [6, 6.07) is 8.86. The smallest absolute Gasteiger partial charge is 0.158 e. The summed E-state index contributed by atoms with van der Waals surface area (Å²) in [4.78, 5) is 2.22. The predicted molar refractivity (Wildman–Crippen MR) is 78.4 cm³/mol. The van der Waals surface area contributed by atoms with Gasteiger partial charge in [-0.05, 0) is 19.4 Å². The third kappa shape index (κ3) is 2.68. The molecular formula is C15H20N4. The van der Waals surface area contributed by atoms with Crippen molar-refractivity contribution < 1.29 is 0 Å². The van der Waals surface area contributed by atoms with Gasteiger partial charge < -0.3 is 10.2 Å². The highest BCUT2D eigenvalue weighted by molar-refractivity contribution is 5.91. The van der Waals surface area contributed by atoms with E-state index in [-0.39, 0.29) is 0 Å². The Morgan fingerprint density at radius 1 is 1.32 bits per heavy atom. The lowest BCUT2D eigenvalue weighted by Gasteiger charge is -2.29. The fourth-order valence-electron chi connectivity index (χ4n) is 2.79. The van der Waals surface area contributed by atoms with Crippen molar-refractivity contribution >= 4 is 16.6 Å². The fourth-order valence-corrected chi connectivity index (χ4v) is 2.79. The topological polar surface area (TPSA) is 41.0 Å². The van der Waals surface area contributed by atoms with Crippen LogP contribution >= 0.6 is 0 Å². The van der Waals surface area contributed by atoms with Crippen LogP contribution in [0.15, 0.2) is 30.5 Å². The van der Waals surface area contributed by atoms with Gasteiger partial charge in [0.25, 0.3) is 0 Å². The highest BCUT2D eigenvalue weighted by Crippen LogP contribution is 2.22. The van der Waals surface area contributed by atoms with Crippen LogP contribution in [0.25, 0.3) is 10.8 Å². The Balaban J connectivity index is 1.82. The summed E-state index contributed by atoms with van der Waals surface area (Å²) in [6.07, 6.45) is 5.70. The van der Waals surface area contributed by atoms with Crippen molar-refractivity contribution in [2.24, 2.45) is 0 Å². The molecule has 0 spiro atoms. The lowest BCUT2D eigenvalue weighted by molar-refractivity contribution is 0.403. The number of nitrogens with zero attached hydrogens (tertiary/aromatic N) is 3. The zero-order valence-electron chi connectivity index (χ0n) is 11.3. The van der Waals surface area contributed by atoms with E-state index in [9.17, 15) is 0 Å². The van der Waals surface area contributed by atoms with Crippen molar-refractivity contribution in [3.05, 3.63) is 30.5 Å². The molecule has 0 saturated carbocycles. The quantitative estimate of drug-likeness (QED) is 0.914. The van der Waals surface area contributed by atoms with Crippen molar-refractivity contribution in [2.45, 2.75) is 25.3 Å². The van der Waals surface area contributed by atoms with Gasteiger partial charge >= 0.3 is 0 Å². The van der Waals surface area contributed by atoms with E-state index in [1.54, 1.807) is 0 Å². The van der Waals surface area contributed by atoms with Gasteiger partial charge in [0.1, 0.15) is 0 Å². The number of fused-ring (bicyclic) bond motifs is 1. The predicted octanol–water partition coefficient (Wildman–Crippen LogP) is 2.21. The third-order valence-electron chi connectivity index (χ3n) is 3.82. The van der Waals surface area contributed by atoms with E-state index < -0.39 is 0 Å². The van der Waals surface area contributed by atoms with E-state index in [2.05, 4.69) is 45.7 Å². The molecule has 100 valence electrons. The molecule has 2 heterocycles. The second-order valence-corrected chi connectivity index (χ2v) is 5.28. The maximum Gasteiger partial charge on any atom is 0.158 e. The van der Waals surface area contributed by atoms with Gasteiger partial charge in [0, 0.05) is 30.4 Å². The van der Waals surface area contributed by atoms with Crippen LogP contribution in [0, 0.1) is 0 Å². The summed E-state index contributed by atoms with van der Waals surface area (Å²) < 4.78 is 0. The number of anilines is 1. The van der Waals surface area contributed by atoms with Crippen LogP contribution in [0.5, 0.6) is 0 Å². The van der Waals surface area contributed by atoms with Gasteiger partial charge in [-0.2, -0.15) is 5.10 Å². The lowest BCUT2D eigenvalue weighted by Crippen LogP contribution is -2.42. The van der Waals surface area contributed by atoms with E-state index in [4.69, 9.17) is 0 Å². The molecule has 4 nitrogen and oxygen atoms in total. The Kier molecular flexibility index (Phi) is 3.60. The molecule has 4 heteroatoms. The molecule has 1 unspecified atom stereocenters. The minimum Gasteiger partial charge on any atom is -0.356 e. The first-order chi connectivity index (χ1) is 9.34. The van der Waals surface area contributed by atoms with E-state index in [1.165, 1.54) is 24.6 Å². The minimum atomic E-state index is 0.569. The summed E-state index contributed by atoms with van der Waals surface area (Å²) in [7, 11) is 2.10. The molecule has 0 amide bonds. The number of aromatic nitrogens is 2. The van der Waals surface area contributed by atoms with Gasteiger partial charge in [-0.25, -0.2) is 0 Å². The molecule has 1 saturated heterocycles. The molecule has 0 aliphatic carbocycles. The van der Waals surface area contributed by atoms with Crippen molar-refractivity contribution in [3.8, 4) is 0 Å². The average molecular weight is 256 g/mol. The SMILES string of the molecule is CN(CC1CCCCN1)c1nncc2ccccc12. The molecule has 2 aromatic rings. The first kappa shape index (κ1) is 12.4. The molecule has 1 aromatic carbocycles. The Labute approximate surface area is 113 Å². The first-order valence-corrected chi connectivity index (χ1v) is 6.99. The Bertz CT molecular complexity index is 543. The maximum absolute atomic E-state index is 4.32. The highest BCUT2D eigenvalue weighted by atomic mass is 15.3. The molecule has 19 heavy (non-hydrogen) atoms. The molecule has 1 aromatic heterocycles. The van der Waals surface area contributed by atoms with Gasteiger partial charge in [-0.1, -0.05) is 30.7 Å². The number of likely N-dealkylation sites (N-methyl/N-ethyl adjacent to an activating group) is 1. The molecule has 1 aliphatic heterocycles. The van der Waals surface area contributed by atoms with Gasteiger partial charge in [0.05, 0.1) is 6.20 Å². The fraction of sp³-hybridized carbons (Fsp3) is 0.467. The second-order valence-electron chi connectivity index (χ2n) is 5.28. The van der Waals surface area contributed by atoms with Crippen LogP contribution in [-0.4, -0.2) is 36.4 Å². The number of benzene rings is 1. The van der Waals surface area contributed by atoms with Crippen LogP contribution in [0.1, 0.15) is 19.3 Å². The van der Waals surface area contributed by atoms with E-state index in [0.717, 1.165) is 24.3 Å². The monoisotopic (exact) mass is 256 g/mol. The largest absolute Gasteiger partial charge is 0.356 e. The van der Waals surface area contributed by atoms with Crippen molar-refractivity contribution in [3.63, 3.8) is 0 Å². The van der Waals surface area contributed by atoms with E-state index in [1.807, 2.05) is 12.3 Å². The molecule has 0 bridgehead atoms. The van der Waals surface area contributed by atoms with Crippen molar-refractivity contribution in [2.75, 3.05) is 25.0 Å². The van der Waals surface area contributed by atoms with Crippen molar-refractivity contribution in [1.29, 1.82) is 0 Å². The summed E-state index contributed by atoms with van der Waals surface area (Å²) >= 11 is 0. The summed E-state index contributed by atoms with van der Waals surface area (Å²) in [5.74, 6) is 0.977. The molecule has 3 rings (SSSR count). The van der Waals surface area contributed by atoms with E-state index >= 15 is 0 Å². The first-order valence-electron chi connectivity index (χ1n) is 6.99. The number of nitrogens with one attached hydrogen (secondary N) is 1. The summed E-state index contributed by atoms with van der Waals surface area (Å²) in [5.41, 5.74) is 0. The van der Waals surface area contributed by atoms with Crippen LogP contribution in [0.3, 0.4) is 0 Å². The third-order valence-corrected chi connectivity index (χ3v) is 3.82. The molecule has 1 aliphatic rings. The molecule has 1 fully saturated rings. The molecule has 1 atom stereocenters. The van der Waals surface area contributed by atoms with Gasteiger partial charge in [0.15, 0.2) is 5.82 Å². The number of piperidine rings is 1. The number of hydrogen-bond donors (Lipinski definition) is 1. The summed E-state index contributed by atoms with van der Waals surface area (Å²) in [5, 5.41) is 14.3. The van der Waals surface area contributed by atoms with Gasteiger partial charge in [0.2, 0.25) is 0 Å². The standard InChI is InChI=1S/C15H20N4/c1-19(11-13-7-4-5-9-16-13)15-14-8-3-2-6-12(14)10-17-18-15/h2-3,6,8,10,13,16H,4-5,7,9,11H2,1H3. The average Bonchev–Trinajstić information content (AvgIpc) is 2.47.